The maximum atomic E-state index is 12.6. The molecule has 2 heterocycles. The number of rotatable bonds is 5. The Balaban J connectivity index is 1.30. The van der Waals surface area contributed by atoms with Gasteiger partial charge in [-0.05, 0) is 42.5 Å². The van der Waals surface area contributed by atoms with Crippen molar-refractivity contribution in [3.05, 3.63) is 84.2 Å². The van der Waals surface area contributed by atoms with Gasteiger partial charge in [0.15, 0.2) is 0 Å². The number of nitrogens with zero attached hydrogens (tertiary/aromatic N) is 2. The van der Waals surface area contributed by atoms with Gasteiger partial charge >= 0.3 is 0 Å². The first-order chi connectivity index (χ1) is 14.2. The van der Waals surface area contributed by atoms with Crippen molar-refractivity contribution in [3.63, 3.8) is 0 Å². The van der Waals surface area contributed by atoms with Gasteiger partial charge in [0.1, 0.15) is 11.6 Å². The summed E-state index contributed by atoms with van der Waals surface area (Å²) >= 11 is 1.41. The summed E-state index contributed by atoms with van der Waals surface area (Å²) in [5.41, 5.74) is 3.21. The third-order valence-electron chi connectivity index (χ3n) is 4.43. The van der Waals surface area contributed by atoms with Crippen LogP contribution in [-0.2, 0) is 6.54 Å². The highest BCUT2D eigenvalue weighted by Crippen LogP contribution is 2.31. The average Bonchev–Trinajstić information content (AvgIpc) is 3.35. The lowest BCUT2D eigenvalue weighted by Crippen LogP contribution is -2.23. The molecule has 0 fully saturated rings. The zero-order valence-corrected chi connectivity index (χ0v) is 16.1. The second-order valence-corrected chi connectivity index (χ2v) is 7.45. The molecule has 5 rings (SSSR count). The van der Waals surface area contributed by atoms with Crippen LogP contribution in [0.15, 0.2) is 72.8 Å². The van der Waals surface area contributed by atoms with E-state index in [9.17, 15) is 4.79 Å². The van der Waals surface area contributed by atoms with E-state index in [4.69, 9.17) is 4.74 Å². The Morgan fingerprint density at radius 1 is 0.966 bits per heavy atom. The first-order valence-corrected chi connectivity index (χ1v) is 9.91. The van der Waals surface area contributed by atoms with E-state index < -0.39 is 0 Å². The molecular weight excluding hydrogens is 384 g/mol. The van der Waals surface area contributed by atoms with Crippen LogP contribution < -0.4 is 10.1 Å². The van der Waals surface area contributed by atoms with E-state index in [1.165, 1.54) is 11.3 Å². The molecule has 0 aliphatic rings. The number of hydrogen-bond donors (Lipinski definition) is 2. The molecule has 2 N–H and O–H groups in total. The smallest absolute Gasteiger partial charge is 0.279 e. The summed E-state index contributed by atoms with van der Waals surface area (Å²) in [6, 6.07) is 22.7. The Hall–Kier alpha value is -3.71. The molecule has 0 atom stereocenters. The van der Waals surface area contributed by atoms with Crippen molar-refractivity contribution in [2.24, 2.45) is 0 Å². The maximum absolute atomic E-state index is 12.6. The van der Waals surface area contributed by atoms with Crippen molar-refractivity contribution in [1.29, 1.82) is 0 Å². The SMILES string of the molecule is O=C(NCc1nc2ccccc2[nH]1)c1ccc2nc(Oc3ccccc3)sc2c1. The van der Waals surface area contributed by atoms with Crippen LogP contribution in [0.2, 0.25) is 0 Å². The Morgan fingerprint density at radius 2 is 1.79 bits per heavy atom. The quantitative estimate of drug-likeness (QED) is 0.440. The van der Waals surface area contributed by atoms with Crippen LogP contribution in [0.1, 0.15) is 16.2 Å². The molecule has 2 aromatic heterocycles. The predicted octanol–water partition coefficient (Wildman–Crippen LogP) is 4.89. The minimum absolute atomic E-state index is 0.161. The summed E-state index contributed by atoms with van der Waals surface area (Å²) in [7, 11) is 0. The van der Waals surface area contributed by atoms with Gasteiger partial charge in [-0.1, -0.05) is 41.7 Å². The average molecular weight is 400 g/mol. The van der Waals surface area contributed by atoms with Crippen LogP contribution in [0.25, 0.3) is 21.3 Å². The molecule has 29 heavy (non-hydrogen) atoms. The molecule has 1 amide bonds. The second-order valence-electron chi connectivity index (χ2n) is 6.46. The number of aromatic nitrogens is 3. The maximum Gasteiger partial charge on any atom is 0.279 e. The van der Waals surface area contributed by atoms with Gasteiger partial charge in [0.25, 0.3) is 11.1 Å². The molecular formula is C22H16N4O2S. The summed E-state index contributed by atoms with van der Waals surface area (Å²) in [5, 5.41) is 3.46. The van der Waals surface area contributed by atoms with Crippen molar-refractivity contribution in [3.8, 4) is 10.9 Å². The molecule has 0 saturated heterocycles. The molecule has 0 spiro atoms. The lowest BCUT2D eigenvalue weighted by Gasteiger charge is -2.03. The third kappa shape index (κ3) is 3.68. The first kappa shape index (κ1) is 17.4. The van der Waals surface area contributed by atoms with E-state index in [1.54, 1.807) is 6.07 Å². The Kier molecular flexibility index (Phi) is 4.42. The molecule has 0 aliphatic carbocycles. The van der Waals surface area contributed by atoms with Gasteiger partial charge in [0, 0.05) is 5.56 Å². The Bertz CT molecular complexity index is 1280. The zero-order valence-electron chi connectivity index (χ0n) is 15.3. The molecule has 6 nitrogen and oxygen atoms in total. The number of nitrogens with one attached hydrogen (secondary N) is 2. The van der Waals surface area contributed by atoms with E-state index in [0.717, 1.165) is 32.8 Å². The molecule has 0 unspecified atom stereocenters. The fraction of sp³-hybridized carbons (Fsp3) is 0.0455. The van der Waals surface area contributed by atoms with E-state index in [2.05, 4.69) is 20.3 Å². The summed E-state index contributed by atoms with van der Waals surface area (Å²) in [6.07, 6.45) is 0. The van der Waals surface area contributed by atoms with Gasteiger partial charge in [-0.3, -0.25) is 4.79 Å². The number of H-pyrrole nitrogens is 1. The predicted molar refractivity (Wildman–Crippen MR) is 113 cm³/mol. The molecule has 0 aliphatic heterocycles. The normalized spacial score (nSPS) is 11.0. The van der Waals surface area contributed by atoms with Crippen LogP contribution >= 0.6 is 11.3 Å². The number of carbonyl (C=O) groups excluding carboxylic acids is 1. The monoisotopic (exact) mass is 400 g/mol. The van der Waals surface area contributed by atoms with E-state index >= 15 is 0 Å². The number of thiazole rings is 1. The summed E-state index contributed by atoms with van der Waals surface area (Å²) in [5.74, 6) is 1.29. The standard InChI is InChI=1S/C22H16N4O2S/c27-21(23-13-20-24-16-8-4-5-9-17(16)25-20)14-10-11-18-19(12-14)29-22(26-18)28-15-6-2-1-3-7-15/h1-12H,13H2,(H,23,27)(H,24,25). The van der Waals surface area contributed by atoms with Gasteiger partial charge in [0.2, 0.25) is 0 Å². The van der Waals surface area contributed by atoms with Crippen molar-refractivity contribution in [2.75, 3.05) is 0 Å². The lowest BCUT2D eigenvalue weighted by atomic mass is 10.2. The van der Waals surface area contributed by atoms with Gasteiger partial charge in [-0.2, -0.15) is 0 Å². The number of ether oxygens (including phenoxy) is 1. The topological polar surface area (TPSA) is 79.9 Å². The lowest BCUT2D eigenvalue weighted by molar-refractivity contribution is 0.0950. The fourth-order valence-electron chi connectivity index (χ4n) is 3.03. The van der Waals surface area contributed by atoms with Crippen LogP contribution in [0.5, 0.6) is 10.9 Å². The molecule has 5 aromatic rings. The van der Waals surface area contributed by atoms with E-state index in [1.807, 2.05) is 66.7 Å². The zero-order chi connectivity index (χ0) is 19.6. The number of aromatic amines is 1. The van der Waals surface area contributed by atoms with Crippen LogP contribution in [0, 0.1) is 0 Å². The third-order valence-corrected chi connectivity index (χ3v) is 5.33. The number of carbonyl (C=O) groups is 1. The van der Waals surface area contributed by atoms with Gasteiger partial charge < -0.3 is 15.0 Å². The van der Waals surface area contributed by atoms with Crippen molar-refractivity contribution < 1.29 is 9.53 Å². The van der Waals surface area contributed by atoms with Crippen molar-refractivity contribution >= 4 is 38.5 Å². The van der Waals surface area contributed by atoms with E-state index in [-0.39, 0.29) is 5.91 Å². The summed E-state index contributed by atoms with van der Waals surface area (Å²) < 4.78 is 6.69. The minimum Gasteiger partial charge on any atom is -0.431 e. The number of amides is 1. The number of hydrogen-bond acceptors (Lipinski definition) is 5. The molecule has 7 heteroatoms. The van der Waals surface area contributed by atoms with Crippen molar-refractivity contribution in [2.45, 2.75) is 6.54 Å². The number of para-hydroxylation sites is 3. The van der Waals surface area contributed by atoms with Crippen molar-refractivity contribution in [1.82, 2.24) is 20.3 Å². The highest BCUT2D eigenvalue weighted by atomic mass is 32.1. The van der Waals surface area contributed by atoms with Gasteiger partial charge in [-0.25, -0.2) is 9.97 Å². The largest absolute Gasteiger partial charge is 0.431 e. The van der Waals surface area contributed by atoms with Crippen LogP contribution in [0.4, 0.5) is 0 Å². The number of imidazole rings is 1. The highest BCUT2D eigenvalue weighted by Gasteiger charge is 2.11. The highest BCUT2D eigenvalue weighted by molar-refractivity contribution is 7.20. The van der Waals surface area contributed by atoms with Crippen LogP contribution in [0.3, 0.4) is 0 Å². The fourth-order valence-corrected chi connectivity index (χ4v) is 3.91. The summed E-state index contributed by atoms with van der Waals surface area (Å²) in [6.45, 7) is 0.330. The number of fused-ring (bicyclic) bond motifs is 2. The Labute approximate surface area is 170 Å². The minimum atomic E-state index is -0.161. The Morgan fingerprint density at radius 3 is 2.66 bits per heavy atom. The molecule has 0 radical (unpaired) electrons. The molecule has 0 saturated carbocycles. The van der Waals surface area contributed by atoms with Gasteiger partial charge in [0.05, 0.1) is 27.8 Å². The first-order valence-electron chi connectivity index (χ1n) is 9.10. The molecule has 0 bridgehead atoms. The van der Waals surface area contributed by atoms with E-state index in [0.29, 0.717) is 17.3 Å². The van der Waals surface area contributed by atoms with Crippen LogP contribution in [-0.4, -0.2) is 20.9 Å². The second kappa shape index (κ2) is 7.37. The number of benzene rings is 3. The molecule has 3 aromatic carbocycles. The molecule has 142 valence electrons. The summed E-state index contributed by atoms with van der Waals surface area (Å²) in [4.78, 5) is 24.7. The van der Waals surface area contributed by atoms with Gasteiger partial charge in [-0.15, -0.1) is 0 Å².